The Labute approximate surface area is 126 Å². The lowest BCUT2D eigenvalue weighted by atomic mass is 10.2. The highest BCUT2D eigenvalue weighted by Crippen LogP contribution is 2.32. The van der Waals surface area contributed by atoms with Gasteiger partial charge in [-0.1, -0.05) is 0 Å². The van der Waals surface area contributed by atoms with Gasteiger partial charge in [0, 0.05) is 39.7 Å². The molecule has 0 fully saturated rings. The summed E-state index contributed by atoms with van der Waals surface area (Å²) < 4.78 is 1.17. The third-order valence-corrected chi connectivity index (χ3v) is 5.38. The molecular formula is C14H18BrN3S. The number of likely N-dealkylation sites (N-methyl/N-ethyl adjacent to an activating group) is 1. The van der Waals surface area contributed by atoms with Crippen LogP contribution in [0.5, 0.6) is 0 Å². The predicted molar refractivity (Wildman–Crippen MR) is 84.3 cm³/mol. The van der Waals surface area contributed by atoms with E-state index in [4.69, 9.17) is 5.73 Å². The van der Waals surface area contributed by atoms with Crippen molar-refractivity contribution in [2.45, 2.75) is 19.5 Å². The normalized spacial score (nSPS) is 12.9. The van der Waals surface area contributed by atoms with Gasteiger partial charge in [-0.3, -0.25) is 9.88 Å². The highest BCUT2D eigenvalue weighted by molar-refractivity contribution is 9.10. The van der Waals surface area contributed by atoms with E-state index < -0.39 is 0 Å². The molecule has 0 aromatic carbocycles. The first-order valence-corrected chi connectivity index (χ1v) is 7.77. The molecule has 2 rings (SSSR count). The number of nitrogens with two attached hydrogens (primary N) is 1. The highest BCUT2D eigenvalue weighted by Gasteiger charge is 2.18. The fourth-order valence-corrected chi connectivity index (χ4v) is 3.79. The van der Waals surface area contributed by atoms with Crippen LogP contribution in [0.2, 0.25) is 0 Å². The molecule has 2 aromatic rings. The fourth-order valence-electron chi connectivity index (χ4n) is 2.05. The maximum atomic E-state index is 5.96. The Balaban J connectivity index is 2.13. The van der Waals surface area contributed by atoms with E-state index >= 15 is 0 Å². The monoisotopic (exact) mass is 339 g/mol. The average Bonchev–Trinajstić information content (AvgIpc) is 2.71. The summed E-state index contributed by atoms with van der Waals surface area (Å²) in [6.07, 6.45) is 3.65. The third-order valence-electron chi connectivity index (χ3n) is 3.14. The number of aryl methyl sites for hydroxylation is 1. The van der Waals surface area contributed by atoms with Gasteiger partial charge < -0.3 is 5.73 Å². The predicted octanol–water partition coefficient (Wildman–Crippen LogP) is 3.35. The average molecular weight is 340 g/mol. The first kappa shape index (κ1) is 14.7. The molecular weight excluding hydrogens is 322 g/mol. The Bertz CT molecular complexity index is 507. The molecule has 5 heteroatoms. The van der Waals surface area contributed by atoms with Crippen LogP contribution in [-0.4, -0.2) is 23.5 Å². The molecule has 1 atom stereocenters. The van der Waals surface area contributed by atoms with Gasteiger partial charge >= 0.3 is 0 Å². The number of hydrogen-bond donors (Lipinski definition) is 1. The zero-order valence-corrected chi connectivity index (χ0v) is 13.5. The number of nitrogens with zero attached hydrogens (tertiary/aromatic N) is 2. The molecule has 0 amide bonds. The number of pyridine rings is 1. The summed E-state index contributed by atoms with van der Waals surface area (Å²) in [6, 6.07) is 6.52. The number of halogens is 1. The summed E-state index contributed by atoms with van der Waals surface area (Å²) >= 11 is 5.38. The van der Waals surface area contributed by atoms with Crippen LogP contribution >= 0.6 is 27.3 Å². The molecule has 0 spiro atoms. The van der Waals surface area contributed by atoms with Crippen molar-refractivity contribution in [3.05, 3.63) is 50.4 Å². The Morgan fingerprint density at radius 3 is 2.63 bits per heavy atom. The second-order valence-electron chi connectivity index (χ2n) is 4.57. The van der Waals surface area contributed by atoms with E-state index in [-0.39, 0.29) is 6.04 Å². The second-order valence-corrected chi connectivity index (χ2v) is 6.72. The van der Waals surface area contributed by atoms with Gasteiger partial charge in [-0.2, -0.15) is 0 Å². The van der Waals surface area contributed by atoms with Gasteiger partial charge in [-0.25, -0.2) is 0 Å². The van der Waals surface area contributed by atoms with Crippen molar-refractivity contribution in [3.8, 4) is 0 Å². The van der Waals surface area contributed by atoms with Crippen molar-refractivity contribution >= 4 is 27.3 Å². The van der Waals surface area contributed by atoms with E-state index in [1.54, 1.807) is 11.3 Å². The first-order valence-electron chi connectivity index (χ1n) is 6.17. The molecule has 0 bridgehead atoms. The molecule has 2 aromatic heterocycles. The van der Waals surface area contributed by atoms with E-state index in [2.05, 4.69) is 45.9 Å². The van der Waals surface area contributed by atoms with Gasteiger partial charge in [0.25, 0.3) is 0 Å². The summed E-state index contributed by atoms with van der Waals surface area (Å²) in [5.74, 6) is 0. The smallest absolute Gasteiger partial charge is 0.0565 e. The molecule has 0 aliphatic heterocycles. The second kappa shape index (κ2) is 6.61. The van der Waals surface area contributed by atoms with Crippen molar-refractivity contribution < 1.29 is 0 Å². The number of rotatable bonds is 5. The largest absolute Gasteiger partial charge is 0.329 e. The molecule has 0 aliphatic rings. The molecule has 102 valence electrons. The minimum atomic E-state index is 0.253. The summed E-state index contributed by atoms with van der Waals surface area (Å²) in [6.45, 7) is 3.61. The third kappa shape index (κ3) is 3.63. The topological polar surface area (TPSA) is 42.1 Å². The number of thiophene rings is 1. The van der Waals surface area contributed by atoms with Crippen LogP contribution in [0.3, 0.4) is 0 Å². The molecule has 19 heavy (non-hydrogen) atoms. The van der Waals surface area contributed by atoms with Crippen molar-refractivity contribution in [2.75, 3.05) is 13.6 Å². The van der Waals surface area contributed by atoms with E-state index in [0.29, 0.717) is 6.54 Å². The van der Waals surface area contributed by atoms with Crippen LogP contribution in [0, 0.1) is 6.92 Å². The highest BCUT2D eigenvalue weighted by atomic mass is 79.9. The molecule has 2 heterocycles. The van der Waals surface area contributed by atoms with Gasteiger partial charge in [0.2, 0.25) is 0 Å². The zero-order valence-electron chi connectivity index (χ0n) is 11.1. The Morgan fingerprint density at radius 1 is 1.42 bits per heavy atom. The van der Waals surface area contributed by atoms with Gasteiger partial charge in [-0.05, 0) is 53.7 Å². The Morgan fingerprint density at radius 2 is 2.11 bits per heavy atom. The van der Waals surface area contributed by atoms with Crippen molar-refractivity contribution in [3.63, 3.8) is 0 Å². The van der Waals surface area contributed by atoms with Gasteiger partial charge in [0.1, 0.15) is 0 Å². The van der Waals surface area contributed by atoms with E-state index in [9.17, 15) is 0 Å². The fraction of sp³-hybridized carbons (Fsp3) is 0.357. The van der Waals surface area contributed by atoms with E-state index in [1.807, 2.05) is 24.5 Å². The summed E-state index contributed by atoms with van der Waals surface area (Å²) in [4.78, 5) is 8.93. The molecule has 0 radical (unpaired) electrons. The lowest BCUT2D eigenvalue weighted by Gasteiger charge is -2.26. The number of aromatic nitrogens is 1. The summed E-state index contributed by atoms with van der Waals surface area (Å²) in [5, 5.41) is 0. The zero-order chi connectivity index (χ0) is 13.8. The summed E-state index contributed by atoms with van der Waals surface area (Å²) in [5.41, 5.74) is 7.21. The Hall–Kier alpha value is -0.750. The van der Waals surface area contributed by atoms with E-state index in [0.717, 1.165) is 6.54 Å². The van der Waals surface area contributed by atoms with Crippen LogP contribution in [0.4, 0.5) is 0 Å². The first-order chi connectivity index (χ1) is 9.11. The molecule has 0 saturated heterocycles. The Kier molecular flexibility index (Phi) is 5.10. The van der Waals surface area contributed by atoms with Crippen molar-refractivity contribution in [1.29, 1.82) is 0 Å². The van der Waals surface area contributed by atoms with Crippen molar-refractivity contribution in [1.82, 2.24) is 9.88 Å². The van der Waals surface area contributed by atoms with Crippen LogP contribution < -0.4 is 5.73 Å². The standard InChI is InChI=1S/C14H18BrN3S/c1-10-12(15)7-14(19-10)13(8-16)18(2)9-11-3-5-17-6-4-11/h3-7,13H,8-9,16H2,1-2H3. The molecule has 3 nitrogen and oxygen atoms in total. The van der Waals surface area contributed by atoms with Crippen molar-refractivity contribution in [2.24, 2.45) is 5.73 Å². The maximum Gasteiger partial charge on any atom is 0.0565 e. The minimum absolute atomic E-state index is 0.253. The quantitative estimate of drug-likeness (QED) is 0.908. The van der Waals surface area contributed by atoms with E-state index in [1.165, 1.54) is 19.8 Å². The van der Waals surface area contributed by atoms with Crippen LogP contribution in [0.15, 0.2) is 35.1 Å². The summed E-state index contributed by atoms with van der Waals surface area (Å²) in [7, 11) is 2.11. The SMILES string of the molecule is Cc1sc(C(CN)N(C)Cc2ccncc2)cc1Br. The lowest BCUT2D eigenvalue weighted by Crippen LogP contribution is -2.29. The maximum absolute atomic E-state index is 5.96. The van der Waals surface area contributed by atoms with Gasteiger partial charge in [0.05, 0.1) is 6.04 Å². The van der Waals surface area contributed by atoms with Gasteiger partial charge in [0.15, 0.2) is 0 Å². The molecule has 2 N–H and O–H groups in total. The minimum Gasteiger partial charge on any atom is -0.329 e. The molecule has 1 unspecified atom stereocenters. The number of hydrogen-bond acceptors (Lipinski definition) is 4. The van der Waals surface area contributed by atoms with Crippen LogP contribution in [0.25, 0.3) is 0 Å². The van der Waals surface area contributed by atoms with Crippen LogP contribution in [0.1, 0.15) is 21.4 Å². The lowest BCUT2D eigenvalue weighted by molar-refractivity contribution is 0.245. The molecule has 0 saturated carbocycles. The molecule has 0 aliphatic carbocycles. The van der Waals surface area contributed by atoms with Gasteiger partial charge in [-0.15, -0.1) is 11.3 Å². The van der Waals surface area contributed by atoms with Crippen LogP contribution in [-0.2, 0) is 6.54 Å².